The molecular formula is C11H15ClN2O. The van der Waals surface area contributed by atoms with Crippen LogP contribution in [-0.2, 0) is 6.61 Å². The molecule has 3 nitrogen and oxygen atoms in total. The summed E-state index contributed by atoms with van der Waals surface area (Å²) in [7, 11) is 0. The molecule has 1 aliphatic carbocycles. The number of halogens is 1. The number of aromatic nitrogens is 1. The Morgan fingerprint density at radius 3 is 2.80 bits per heavy atom. The maximum Gasteiger partial charge on any atom is 0.129 e. The van der Waals surface area contributed by atoms with Gasteiger partial charge in [-0.1, -0.05) is 11.6 Å². The van der Waals surface area contributed by atoms with Gasteiger partial charge in [0.1, 0.15) is 5.82 Å². The molecule has 1 aliphatic rings. The van der Waals surface area contributed by atoms with E-state index < -0.39 is 0 Å². The van der Waals surface area contributed by atoms with Crippen molar-refractivity contribution >= 4 is 17.4 Å². The van der Waals surface area contributed by atoms with E-state index in [1.54, 1.807) is 6.07 Å². The van der Waals surface area contributed by atoms with Crippen LogP contribution in [0.3, 0.4) is 0 Å². The highest BCUT2D eigenvalue weighted by Crippen LogP contribution is 2.31. The Hall–Kier alpha value is -0.800. The molecule has 82 valence electrons. The van der Waals surface area contributed by atoms with Gasteiger partial charge in [-0.05, 0) is 31.9 Å². The van der Waals surface area contributed by atoms with Crippen LogP contribution in [0.1, 0.15) is 25.5 Å². The lowest BCUT2D eigenvalue weighted by molar-refractivity contribution is 0.277. The summed E-state index contributed by atoms with van der Waals surface area (Å²) in [5.74, 6) is 0.924. The number of hydrogen-bond donors (Lipinski definition) is 1. The Bertz CT molecular complexity index is 352. The molecule has 0 unspecified atom stereocenters. The largest absolute Gasteiger partial charge is 0.390 e. The minimum absolute atomic E-state index is 0.102. The fourth-order valence-electron chi connectivity index (χ4n) is 1.74. The minimum Gasteiger partial charge on any atom is -0.390 e. The fraction of sp³-hybridized carbons (Fsp3) is 0.545. The highest BCUT2D eigenvalue weighted by atomic mass is 35.5. The fourth-order valence-corrected chi connectivity index (χ4v) is 1.90. The summed E-state index contributed by atoms with van der Waals surface area (Å²) in [6.07, 6.45) is 2.49. The topological polar surface area (TPSA) is 36.4 Å². The van der Waals surface area contributed by atoms with Crippen LogP contribution in [0.4, 0.5) is 5.82 Å². The molecule has 0 atom stereocenters. The second-order valence-electron chi connectivity index (χ2n) is 3.77. The predicted octanol–water partition coefficient (Wildman–Crippen LogP) is 2.22. The summed E-state index contributed by atoms with van der Waals surface area (Å²) in [5, 5.41) is 9.62. The monoisotopic (exact) mass is 226 g/mol. The lowest BCUT2D eigenvalue weighted by Gasteiger charge is -2.22. The van der Waals surface area contributed by atoms with Gasteiger partial charge in [-0.25, -0.2) is 4.98 Å². The first-order valence-corrected chi connectivity index (χ1v) is 5.67. The Balaban J connectivity index is 2.26. The average Bonchev–Trinajstić information content (AvgIpc) is 3.06. The van der Waals surface area contributed by atoms with Crippen LogP contribution in [0, 0.1) is 0 Å². The van der Waals surface area contributed by atoms with Gasteiger partial charge in [0.05, 0.1) is 17.3 Å². The van der Waals surface area contributed by atoms with Crippen molar-refractivity contribution in [3.05, 3.63) is 22.8 Å². The zero-order valence-corrected chi connectivity index (χ0v) is 9.54. The molecule has 0 radical (unpaired) electrons. The Morgan fingerprint density at radius 2 is 2.27 bits per heavy atom. The molecule has 0 saturated heterocycles. The van der Waals surface area contributed by atoms with Crippen LogP contribution < -0.4 is 4.90 Å². The van der Waals surface area contributed by atoms with E-state index >= 15 is 0 Å². The molecule has 0 bridgehead atoms. The summed E-state index contributed by atoms with van der Waals surface area (Å²) in [6.45, 7) is 2.96. The molecule has 0 amide bonds. The van der Waals surface area contributed by atoms with Crippen molar-refractivity contribution in [2.24, 2.45) is 0 Å². The van der Waals surface area contributed by atoms with Crippen LogP contribution in [0.15, 0.2) is 12.1 Å². The van der Waals surface area contributed by atoms with Crippen molar-refractivity contribution in [1.29, 1.82) is 0 Å². The first-order valence-electron chi connectivity index (χ1n) is 5.29. The molecule has 15 heavy (non-hydrogen) atoms. The number of rotatable bonds is 4. The lowest BCUT2D eigenvalue weighted by atomic mass is 10.3. The van der Waals surface area contributed by atoms with E-state index in [0.29, 0.717) is 16.8 Å². The van der Waals surface area contributed by atoms with E-state index in [4.69, 9.17) is 16.7 Å². The SMILES string of the molecule is CCN(c1ccc(Cl)c(CO)n1)C1CC1. The molecule has 1 N–H and O–H groups in total. The third-order valence-electron chi connectivity index (χ3n) is 2.68. The third-order valence-corrected chi connectivity index (χ3v) is 3.02. The first kappa shape index (κ1) is 10.7. The van der Waals surface area contributed by atoms with Crippen LogP contribution in [0.25, 0.3) is 0 Å². The Kier molecular flexibility index (Phi) is 3.12. The van der Waals surface area contributed by atoms with E-state index in [0.717, 1.165) is 12.4 Å². The Labute approximate surface area is 94.7 Å². The van der Waals surface area contributed by atoms with Gasteiger partial charge in [-0.3, -0.25) is 0 Å². The highest BCUT2D eigenvalue weighted by molar-refractivity contribution is 6.31. The minimum atomic E-state index is -0.102. The third kappa shape index (κ3) is 2.24. The summed E-state index contributed by atoms with van der Waals surface area (Å²) >= 11 is 5.90. The Morgan fingerprint density at radius 1 is 1.53 bits per heavy atom. The second-order valence-corrected chi connectivity index (χ2v) is 4.18. The maximum atomic E-state index is 9.09. The summed E-state index contributed by atoms with van der Waals surface area (Å²) in [5.41, 5.74) is 0.563. The summed E-state index contributed by atoms with van der Waals surface area (Å²) in [6, 6.07) is 4.36. The molecule has 1 saturated carbocycles. The highest BCUT2D eigenvalue weighted by Gasteiger charge is 2.28. The molecule has 1 aromatic heterocycles. The quantitative estimate of drug-likeness (QED) is 0.855. The normalized spacial score (nSPS) is 15.4. The molecule has 4 heteroatoms. The molecule has 1 heterocycles. The second kappa shape index (κ2) is 4.37. The van der Waals surface area contributed by atoms with Gasteiger partial charge in [0.25, 0.3) is 0 Å². The van der Waals surface area contributed by atoms with Crippen LogP contribution >= 0.6 is 11.6 Å². The van der Waals surface area contributed by atoms with E-state index in [2.05, 4.69) is 16.8 Å². The van der Waals surface area contributed by atoms with Crippen molar-refractivity contribution in [1.82, 2.24) is 4.98 Å². The van der Waals surface area contributed by atoms with E-state index in [-0.39, 0.29) is 6.61 Å². The van der Waals surface area contributed by atoms with Crippen molar-refractivity contribution in [2.75, 3.05) is 11.4 Å². The number of anilines is 1. The summed E-state index contributed by atoms with van der Waals surface area (Å²) in [4.78, 5) is 6.63. The molecule has 1 fully saturated rings. The van der Waals surface area contributed by atoms with E-state index in [1.807, 2.05) is 6.07 Å². The van der Waals surface area contributed by atoms with Crippen LogP contribution in [0.2, 0.25) is 5.02 Å². The van der Waals surface area contributed by atoms with Crippen LogP contribution in [0.5, 0.6) is 0 Å². The van der Waals surface area contributed by atoms with Crippen molar-refractivity contribution in [2.45, 2.75) is 32.4 Å². The van der Waals surface area contributed by atoms with E-state index in [1.165, 1.54) is 12.8 Å². The zero-order chi connectivity index (χ0) is 10.8. The predicted molar refractivity (Wildman–Crippen MR) is 61.2 cm³/mol. The summed E-state index contributed by atoms with van der Waals surface area (Å²) < 4.78 is 0. The first-order chi connectivity index (χ1) is 7.26. The van der Waals surface area contributed by atoms with Crippen molar-refractivity contribution < 1.29 is 5.11 Å². The number of aliphatic hydroxyl groups excluding tert-OH is 1. The number of nitrogens with zero attached hydrogens (tertiary/aromatic N) is 2. The molecule has 2 rings (SSSR count). The number of hydrogen-bond acceptors (Lipinski definition) is 3. The van der Waals surface area contributed by atoms with Gasteiger partial charge < -0.3 is 10.0 Å². The number of pyridine rings is 1. The molecule has 0 aromatic carbocycles. The average molecular weight is 227 g/mol. The van der Waals surface area contributed by atoms with Crippen molar-refractivity contribution in [3.8, 4) is 0 Å². The van der Waals surface area contributed by atoms with Gasteiger partial charge >= 0.3 is 0 Å². The van der Waals surface area contributed by atoms with Gasteiger partial charge in [0.2, 0.25) is 0 Å². The van der Waals surface area contributed by atoms with Gasteiger partial charge in [-0.15, -0.1) is 0 Å². The molecule has 0 aliphatic heterocycles. The smallest absolute Gasteiger partial charge is 0.129 e. The van der Waals surface area contributed by atoms with Gasteiger partial charge in [0.15, 0.2) is 0 Å². The molecule has 0 spiro atoms. The van der Waals surface area contributed by atoms with Crippen LogP contribution in [-0.4, -0.2) is 22.7 Å². The molecular weight excluding hydrogens is 212 g/mol. The van der Waals surface area contributed by atoms with Gasteiger partial charge in [-0.2, -0.15) is 0 Å². The van der Waals surface area contributed by atoms with Gasteiger partial charge in [0, 0.05) is 12.6 Å². The standard InChI is InChI=1S/C11H15ClN2O/c1-2-14(8-3-4-8)11-6-5-9(12)10(7-15)13-11/h5-6,8,15H,2-4,7H2,1H3. The van der Waals surface area contributed by atoms with E-state index in [9.17, 15) is 0 Å². The lowest BCUT2D eigenvalue weighted by Crippen LogP contribution is -2.26. The number of aliphatic hydroxyl groups is 1. The zero-order valence-electron chi connectivity index (χ0n) is 8.78. The molecule has 1 aromatic rings. The maximum absolute atomic E-state index is 9.09. The van der Waals surface area contributed by atoms with Crippen molar-refractivity contribution in [3.63, 3.8) is 0 Å².